The summed E-state index contributed by atoms with van der Waals surface area (Å²) in [4.78, 5) is 5.12. The van der Waals surface area contributed by atoms with E-state index in [9.17, 15) is 0 Å². The van der Waals surface area contributed by atoms with Crippen LogP contribution in [0.3, 0.4) is 0 Å². The van der Waals surface area contributed by atoms with Crippen LogP contribution < -0.4 is 5.32 Å². The van der Waals surface area contributed by atoms with Gasteiger partial charge in [0.15, 0.2) is 0 Å². The molecule has 106 valence electrons. The van der Waals surface area contributed by atoms with Crippen molar-refractivity contribution in [3.63, 3.8) is 0 Å². The molecule has 0 spiro atoms. The molecule has 3 nitrogen and oxygen atoms in total. The molecule has 1 aliphatic heterocycles. The van der Waals surface area contributed by atoms with Crippen molar-refractivity contribution >= 4 is 0 Å². The summed E-state index contributed by atoms with van der Waals surface area (Å²) in [5.41, 5.74) is 0. The van der Waals surface area contributed by atoms with Crippen molar-refractivity contribution in [1.82, 2.24) is 15.1 Å². The summed E-state index contributed by atoms with van der Waals surface area (Å²) >= 11 is 0. The van der Waals surface area contributed by atoms with Crippen LogP contribution in [0.1, 0.15) is 44.9 Å². The maximum absolute atomic E-state index is 3.59. The van der Waals surface area contributed by atoms with E-state index in [0.29, 0.717) is 0 Å². The first-order chi connectivity index (χ1) is 8.84. The van der Waals surface area contributed by atoms with Gasteiger partial charge in [-0.1, -0.05) is 12.8 Å². The lowest BCUT2D eigenvalue weighted by Gasteiger charge is -2.19. The Labute approximate surface area is 113 Å². The molecule has 0 bridgehead atoms. The van der Waals surface area contributed by atoms with E-state index in [-0.39, 0.29) is 0 Å². The van der Waals surface area contributed by atoms with E-state index in [0.717, 1.165) is 6.04 Å². The van der Waals surface area contributed by atoms with E-state index in [2.05, 4.69) is 22.2 Å². The Morgan fingerprint density at radius 2 is 1.78 bits per heavy atom. The van der Waals surface area contributed by atoms with Crippen LogP contribution in [0, 0.1) is 0 Å². The standard InChI is InChI=1S/C15H31N3/c1-17-10-6-12-18(14-13-17)11-5-3-2-4-9-16-15-7-8-15/h15-16H,2-14H2,1H3. The molecular formula is C15H31N3. The summed E-state index contributed by atoms with van der Waals surface area (Å²) in [5, 5.41) is 3.59. The third-order valence-electron chi connectivity index (χ3n) is 4.22. The number of rotatable bonds is 8. The molecule has 1 aliphatic carbocycles. The molecule has 0 unspecified atom stereocenters. The molecule has 18 heavy (non-hydrogen) atoms. The minimum Gasteiger partial charge on any atom is -0.314 e. The first-order valence-electron chi connectivity index (χ1n) is 7.99. The molecule has 0 atom stereocenters. The van der Waals surface area contributed by atoms with Crippen molar-refractivity contribution < 1.29 is 0 Å². The minimum absolute atomic E-state index is 0.888. The van der Waals surface area contributed by atoms with Gasteiger partial charge in [0.05, 0.1) is 0 Å². The predicted molar refractivity (Wildman–Crippen MR) is 78.0 cm³/mol. The lowest BCUT2D eigenvalue weighted by Crippen LogP contribution is -2.29. The molecule has 0 amide bonds. The number of nitrogens with one attached hydrogen (secondary N) is 1. The SMILES string of the molecule is CN1CCCN(CCCCCCNC2CC2)CC1. The van der Waals surface area contributed by atoms with E-state index in [1.165, 1.54) is 84.2 Å². The van der Waals surface area contributed by atoms with Gasteiger partial charge in [-0.2, -0.15) is 0 Å². The van der Waals surface area contributed by atoms with Gasteiger partial charge in [-0.05, 0) is 65.3 Å². The summed E-state index contributed by atoms with van der Waals surface area (Å²) in [6, 6.07) is 0.888. The van der Waals surface area contributed by atoms with Gasteiger partial charge in [0, 0.05) is 19.1 Å². The first-order valence-corrected chi connectivity index (χ1v) is 7.99. The second-order valence-electron chi connectivity index (χ2n) is 6.14. The topological polar surface area (TPSA) is 18.5 Å². The maximum atomic E-state index is 3.59. The Bertz CT molecular complexity index is 216. The van der Waals surface area contributed by atoms with Crippen LogP contribution in [-0.4, -0.2) is 62.2 Å². The van der Waals surface area contributed by atoms with E-state index in [1.807, 2.05) is 0 Å². The minimum atomic E-state index is 0.888. The summed E-state index contributed by atoms with van der Waals surface area (Å²) in [7, 11) is 2.25. The quantitative estimate of drug-likeness (QED) is 0.667. The third-order valence-corrected chi connectivity index (χ3v) is 4.22. The average molecular weight is 253 g/mol. The van der Waals surface area contributed by atoms with Crippen LogP contribution >= 0.6 is 0 Å². The Morgan fingerprint density at radius 1 is 0.944 bits per heavy atom. The molecule has 1 saturated carbocycles. The zero-order chi connectivity index (χ0) is 12.6. The molecule has 2 aliphatic rings. The summed E-state index contributed by atoms with van der Waals surface area (Å²) in [5.74, 6) is 0. The van der Waals surface area contributed by atoms with Gasteiger partial charge >= 0.3 is 0 Å². The fourth-order valence-corrected chi connectivity index (χ4v) is 2.73. The van der Waals surface area contributed by atoms with Gasteiger partial charge in [-0.25, -0.2) is 0 Å². The van der Waals surface area contributed by atoms with Crippen molar-refractivity contribution in [2.45, 2.75) is 51.0 Å². The number of hydrogen-bond acceptors (Lipinski definition) is 3. The number of nitrogens with zero attached hydrogens (tertiary/aromatic N) is 2. The van der Waals surface area contributed by atoms with E-state index < -0.39 is 0 Å². The molecule has 1 heterocycles. The Kier molecular flexibility index (Phi) is 6.46. The van der Waals surface area contributed by atoms with Crippen LogP contribution in [0.15, 0.2) is 0 Å². The summed E-state index contributed by atoms with van der Waals surface area (Å²) in [6.07, 6.45) is 9.78. The van der Waals surface area contributed by atoms with Crippen LogP contribution in [-0.2, 0) is 0 Å². The smallest absolute Gasteiger partial charge is 0.0109 e. The highest BCUT2D eigenvalue weighted by atomic mass is 15.2. The number of hydrogen-bond donors (Lipinski definition) is 1. The molecule has 1 saturated heterocycles. The van der Waals surface area contributed by atoms with Gasteiger partial charge in [-0.3, -0.25) is 0 Å². The molecule has 1 N–H and O–H groups in total. The van der Waals surface area contributed by atoms with Crippen molar-refractivity contribution in [2.75, 3.05) is 46.3 Å². The first kappa shape index (κ1) is 14.3. The van der Waals surface area contributed by atoms with Crippen molar-refractivity contribution in [3.05, 3.63) is 0 Å². The van der Waals surface area contributed by atoms with Crippen LogP contribution in [0.25, 0.3) is 0 Å². The highest BCUT2D eigenvalue weighted by Crippen LogP contribution is 2.18. The van der Waals surface area contributed by atoms with Gasteiger partial charge in [-0.15, -0.1) is 0 Å². The van der Waals surface area contributed by atoms with Crippen LogP contribution in [0.5, 0.6) is 0 Å². The van der Waals surface area contributed by atoms with Crippen LogP contribution in [0.4, 0.5) is 0 Å². The van der Waals surface area contributed by atoms with E-state index in [4.69, 9.17) is 0 Å². The lowest BCUT2D eigenvalue weighted by molar-refractivity contribution is 0.270. The van der Waals surface area contributed by atoms with Gasteiger partial charge < -0.3 is 15.1 Å². The highest BCUT2D eigenvalue weighted by Gasteiger charge is 2.19. The normalized spacial score (nSPS) is 23.2. The molecule has 0 aromatic carbocycles. The maximum Gasteiger partial charge on any atom is 0.0109 e. The Balaban J connectivity index is 1.39. The zero-order valence-electron chi connectivity index (χ0n) is 12.2. The fourth-order valence-electron chi connectivity index (χ4n) is 2.73. The molecule has 0 aromatic heterocycles. The van der Waals surface area contributed by atoms with Crippen LogP contribution in [0.2, 0.25) is 0 Å². The average Bonchev–Trinajstić information content (AvgIpc) is 3.17. The Morgan fingerprint density at radius 3 is 2.61 bits per heavy atom. The van der Waals surface area contributed by atoms with E-state index >= 15 is 0 Å². The summed E-state index contributed by atoms with van der Waals surface area (Å²) in [6.45, 7) is 7.70. The highest BCUT2D eigenvalue weighted by molar-refractivity contribution is 4.80. The molecular weight excluding hydrogens is 222 g/mol. The summed E-state index contributed by atoms with van der Waals surface area (Å²) < 4.78 is 0. The second-order valence-corrected chi connectivity index (χ2v) is 6.14. The monoisotopic (exact) mass is 253 g/mol. The van der Waals surface area contributed by atoms with Crippen molar-refractivity contribution in [1.29, 1.82) is 0 Å². The molecule has 3 heteroatoms. The predicted octanol–water partition coefficient (Wildman–Crippen LogP) is 1.94. The molecule has 2 rings (SSSR count). The fraction of sp³-hybridized carbons (Fsp3) is 1.00. The number of unbranched alkanes of at least 4 members (excludes halogenated alkanes) is 3. The number of likely N-dealkylation sites (N-methyl/N-ethyl adjacent to an activating group) is 1. The molecule has 0 aromatic rings. The van der Waals surface area contributed by atoms with Crippen molar-refractivity contribution in [3.8, 4) is 0 Å². The second kappa shape index (κ2) is 8.13. The van der Waals surface area contributed by atoms with Crippen molar-refractivity contribution in [2.24, 2.45) is 0 Å². The molecule has 2 fully saturated rings. The van der Waals surface area contributed by atoms with E-state index in [1.54, 1.807) is 0 Å². The van der Waals surface area contributed by atoms with Gasteiger partial charge in [0.1, 0.15) is 0 Å². The van der Waals surface area contributed by atoms with Gasteiger partial charge in [0.25, 0.3) is 0 Å². The third kappa shape index (κ3) is 6.17. The van der Waals surface area contributed by atoms with Gasteiger partial charge in [0.2, 0.25) is 0 Å². The Hall–Kier alpha value is -0.120. The largest absolute Gasteiger partial charge is 0.314 e. The molecule has 0 radical (unpaired) electrons. The lowest BCUT2D eigenvalue weighted by atomic mass is 10.2. The zero-order valence-corrected chi connectivity index (χ0v) is 12.2.